The van der Waals surface area contributed by atoms with Gasteiger partial charge in [0.05, 0.1) is 21.1 Å². The van der Waals surface area contributed by atoms with Crippen molar-refractivity contribution in [2.24, 2.45) is 11.8 Å². The van der Waals surface area contributed by atoms with Gasteiger partial charge in [0.2, 0.25) is 5.43 Å². The summed E-state index contributed by atoms with van der Waals surface area (Å²) >= 11 is 0.842. The first-order valence-corrected chi connectivity index (χ1v) is 11.9. The summed E-state index contributed by atoms with van der Waals surface area (Å²) < 4.78 is 47.4. The highest BCUT2D eigenvalue weighted by molar-refractivity contribution is 7.24. The van der Waals surface area contributed by atoms with E-state index in [4.69, 9.17) is 5.84 Å². The molecule has 0 spiro atoms. The molecule has 8 nitrogen and oxygen atoms in total. The van der Waals surface area contributed by atoms with Gasteiger partial charge in [-0.2, -0.15) is 0 Å². The zero-order chi connectivity index (χ0) is 25.0. The van der Waals surface area contributed by atoms with Crippen molar-refractivity contribution in [1.82, 2.24) is 9.72 Å². The number of fused-ring (bicyclic) bond motifs is 5. The Labute approximate surface area is 200 Å². The Balaban J connectivity index is 1.90. The normalized spacial score (nSPS) is 16.1. The number of halogens is 3. The summed E-state index contributed by atoms with van der Waals surface area (Å²) in [6, 6.07) is 3.68. The summed E-state index contributed by atoms with van der Waals surface area (Å²) in [7, 11) is 0. The van der Waals surface area contributed by atoms with Gasteiger partial charge in [0.15, 0.2) is 11.6 Å². The van der Waals surface area contributed by atoms with Crippen LogP contribution in [0, 0.1) is 23.4 Å². The van der Waals surface area contributed by atoms with Crippen molar-refractivity contribution >= 4 is 54.6 Å². The van der Waals surface area contributed by atoms with Crippen molar-refractivity contribution in [1.29, 1.82) is 0 Å². The number of carboxylic acid groups (broad SMARTS) is 1. The average molecular weight is 506 g/mol. The lowest BCUT2D eigenvalue weighted by atomic mass is 10.1. The third-order valence-corrected chi connectivity index (χ3v) is 7.56. The SMILES string of the molecule is CCNCC1CCN(c2c(F)c(NN)c3c(=O)c(C(=O)O)c4sc5cc(F)ccc5n4c3c2F)C1. The monoisotopic (exact) mass is 505 g/mol. The molecule has 0 aliphatic carbocycles. The van der Waals surface area contributed by atoms with E-state index in [1.54, 1.807) is 4.90 Å². The van der Waals surface area contributed by atoms with Crippen LogP contribution in [0.3, 0.4) is 0 Å². The molecule has 1 aliphatic rings. The molecule has 1 saturated heterocycles. The molecule has 5 N–H and O–H groups in total. The number of hydrogen-bond acceptors (Lipinski definition) is 7. The molecule has 1 fully saturated rings. The first kappa shape index (κ1) is 23.4. The van der Waals surface area contributed by atoms with Crippen molar-refractivity contribution in [2.45, 2.75) is 13.3 Å². The summed E-state index contributed by atoms with van der Waals surface area (Å²) in [6.45, 7) is 4.21. The van der Waals surface area contributed by atoms with Crippen molar-refractivity contribution in [3.8, 4) is 0 Å². The van der Waals surface area contributed by atoms with Gasteiger partial charge in [0, 0.05) is 13.1 Å². The summed E-state index contributed by atoms with van der Waals surface area (Å²) in [6.07, 6.45) is 0.712. The van der Waals surface area contributed by atoms with Crippen molar-refractivity contribution in [3.63, 3.8) is 0 Å². The topological polar surface area (TPSA) is 112 Å². The van der Waals surface area contributed by atoms with Crippen molar-refractivity contribution in [3.05, 3.63) is 51.4 Å². The second kappa shape index (κ2) is 8.70. The Morgan fingerprint density at radius 1 is 1.29 bits per heavy atom. The molecule has 2 aromatic heterocycles. The van der Waals surface area contributed by atoms with E-state index in [1.165, 1.54) is 16.5 Å². The van der Waals surface area contributed by atoms with E-state index in [1.807, 2.05) is 6.92 Å². The quantitative estimate of drug-likeness (QED) is 0.234. The zero-order valence-corrected chi connectivity index (χ0v) is 19.4. The van der Waals surface area contributed by atoms with Crippen LogP contribution in [0.25, 0.3) is 25.9 Å². The Hall–Kier alpha value is -3.35. The summed E-state index contributed by atoms with van der Waals surface area (Å²) in [5, 5.41) is 12.5. The summed E-state index contributed by atoms with van der Waals surface area (Å²) in [4.78, 5) is 26.9. The number of aromatic carboxylic acids is 1. The minimum Gasteiger partial charge on any atom is -0.477 e. The Bertz CT molecular complexity index is 1570. The molecule has 1 unspecified atom stereocenters. The molecule has 0 radical (unpaired) electrons. The second-order valence-corrected chi connectivity index (χ2v) is 9.52. The number of aromatic nitrogens is 1. The molecule has 184 valence electrons. The number of rotatable bonds is 6. The van der Waals surface area contributed by atoms with Gasteiger partial charge in [-0.3, -0.25) is 15.0 Å². The lowest BCUT2D eigenvalue weighted by Crippen LogP contribution is -2.28. The Morgan fingerprint density at radius 3 is 2.74 bits per heavy atom. The van der Waals surface area contributed by atoms with E-state index >= 15 is 8.78 Å². The molecule has 12 heteroatoms. The van der Waals surface area contributed by atoms with E-state index in [-0.39, 0.29) is 27.5 Å². The lowest BCUT2D eigenvalue weighted by Gasteiger charge is -2.23. The maximum absolute atomic E-state index is 16.3. The number of benzene rings is 2. The van der Waals surface area contributed by atoms with Crippen LogP contribution in [0.1, 0.15) is 23.7 Å². The smallest absolute Gasteiger partial charge is 0.342 e. The van der Waals surface area contributed by atoms with Crippen LogP contribution in [-0.4, -0.2) is 41.7 Å². The number of nitrogens with zero attached hydrogens (tertiary/aromatic N) is 2. The van der Waals surface area contributed by atoms with Crippen LogP contribution in [0.2, 0.25) is 0 Å². The third kappa shape index (κ3) is 3.51. The van der Waals surface area contributed by atoms with Crippen molar-refractivity contribution < 1.29 is 23.1 Å². The minimum atomic E-state index is -1.57. The molecule has 1 atom stereocenters. The van der Waals surface area contributed by atoms with E-state index in [0.29, 0.717) is 30.8 Å². The number of nitrogens with two attached hydrogens (primary N) is 1. The van der Waals surface area contributed by atoms with Crippen molar-refractivity contribution in [2.75, 3.05) is 36.5 Å². The number of carbonyl (C=O) groups is 1. The number of nitrogen functional groups attached to an aromatic ring is 1. The van der Waals surface area contributed by atoms with Gasteiger partial charge < -0.3 is 20.7 Å². The fourth-order valence-corrected chi connectivity index (χ4v) is 6.08. The van der Waals surface area contributed by atoms with E-state index in [0.717, 1.165) is 23.9 Å². The zero-order valence-electron chi connectivity index (χ0n) is 18.6. The highest BCUT2D eigenvalue weighted by Crippen LogP contribution is 2.41. The number of nitrogens with one attached hydrogen (secondary N) is 2. The van der Waals surface area contributed by atoms with Crippen LogP contribution >= 0.6 is 11.3 Å². The minimum absolute atomic E-state index is 0.0820. The number of hydrogen-bond donors (Lipinski definition) is 4. The first-order valence-electron chi connectivity index (χ1n) is 11.0. The fourth-order valence-electron chi connectivity index (χ4n) is 4.87. The molecule has 0 bridgehead atoms. The van der Waals surface area contributed by atoms with E-state index < -0.39 is 45.5 Å². The van der Waals surface area contributed by atoms with Gasteiger partial charge >= 0.3 is 5.97 Å². The third-order valence-electron chi connectivity index (χ3n) is 6.44. The Morgan fingerprint density at radius 2 is 2.06 bits per heavy atom. The molecular weight excluding hydrogens is 483 g/mol. The summed E-state index contributed by atoms with van der Waals surface area (Å²) in [5.41, 5.74) is -0.467. The van der Waals surface area contributed by atoms with Gasteiger partial charge in [0.25, 0.3) is 0 Å². The fraction of sp³-hybridized carbons (Fsp3) is 0.304. The maximum Gasteiger partial charge on any atom is 0.342 e. The maximum atomic E-state index is 16.3. The number of pyridine rings is 1. The van der Waals surface area contributed by atoms with Gasteiger partial charge in [-0.05, 0) is 43.6 Å². The second-order valence-electron chi connectivity index (χ2n) is 8.49. The molecule has 4 aromatic rings. The molecule has 3 heterocycles. The van der Waals surface area contributed by atoms with Crippen LogP contribution in [0.5, 0.6) is 0 Å². The van der Waals surface area contributed by atoms with Gasteiger partial charge in [-0.1, -0.05) is 6.92 Å². The number of carboxylic acids is 1. The highest BCUT2D eigenvalue weighted by atomic mass is 32.1. The molecule has 5 rings (SSSR count). The number of thiazole rings is 1. The van der Waals surface area contributed by atoms with Gasteiger partial charge in [0.1, 0.15) is 27.6 Å². The first-order chi connectivity index (χ1) is 16.8. The van der Waals surface area contributed by atoms with Crippen LogP contribution in [-0.2, 0) is 0 Å². The number of hydrazine groups is 1. The van der Waals surface area contributed by atoms with Crippen LogP contribution in [0.4, 0.5) is 24.5 Å². The standard InChI is InChI=1S/C23H22F3N5O3S/c1-2-28-8-10-5-6-30(9-10)20-16(25)18(29-27)14-19(17(20)26)31-12-4-3-11(24)7-13(12)35-22(31)15(21(14)32)23(33)34/h3-4,7,10,28-29H,2,5-6,8-9,27H2,1H3,(H,33,34). The van der Waals surface area contributed by atoms with E-state index in [9.17, 15) is 19.1 Å². The molecule has 0 saturated carbocycles. The Kier molecular flexibility index (Phi) is 5.82. The predicted octanol–water partition coefficient (Wildman–Crippen LogP) is 3.50. The van der Waals surface area contributed by atoms with Crippen LogP contribution < -0.4 is 26.9 Å². The molecule has 35 heavy (non-hydrogen) atoms. The molecule has 1 aliphatic heterocycles. The summed E-state index contributed by atoms with van der Waals surface area (Å²) in [5.74, 6) is 1.54. The van der Waals surface area contributed by atoms with Crippen LogP contribution in [0.15, 0.2) is 23.0 Å². The average Bonchev–Trinajstić information content (AvgIpc) is 3.42. The molecule has 0 amide bonds. The molecule has 2 aromatic carbocycles. The molecular formula is C23H22F3N5O3S. The predicted molar refractivity (Wildman–Crippen MR) is 130 cm³/mol. The largest absolute Gasteiger partial charge is 0.477 e. The number of anilines is 2. The lowest BCUT2D eigenvalue weighted by molar-refractivity contribution is 0.0697. The van der Waals surface area contributed by atoms with Gasteiger partial charge in [-0.25, -0.2) is 18.0 Å². The van der Waals surface area contributed by atoms with Gasteiger partial charge in [-0.15, -0.1) is 11.3 Å². The van der Waals surface area contributed by atoms with E-state index in [2.05, 4.69) is 10.7 Å². The highest BCUT2D eigenvalue weighted by Gasteiger charge is 2.33.